The molecule has 2 fully saturated rings. The van der Waals surface area contributed by atoms with Gasteiger partial charge in [-0.25, -0.2) is 0 Å². The molecule has 2 heterocycles. The van der Waals surface area contributed by atoms with Crippen LogP contribution in [0.1, 0.15) is 46.9 Å². The van der Waals surface area contributed by atoms with Gasteiger partial charge in [0.15, 0.2) is 0 Å². The molecule has 3 unspecified atom stereocenters. The summed E-state index contributed by atoms with van der Waals surface area (Å²) in [4.78, 5) is 28.2. The lowest BCUT2D eigenvalue weighted by Gasteiger charge is -2.24. The van der Waals surface area contributed by atoms with Crippen molar-refractivity contribution < 1.29 is 27.9 Å². The Balaban J connectivity index is 1.23. The van der Waals surface area contributed by atoms with Crippen molar-refractivity contribution in [2.45, 2.75) is 38.5 Å². The van der Waals surface area contributed by atoms with Gasteiger partial charge >= 0.3 is 6.18 Å². The van der Waals surface area contributed by atoms with Crippen molar-refractivity contribution in [1.29, 1.82) is 0 Å². The number of allylic oxidation sites excluding steroid dienone is 4. The van der Waals surface area contributed by atoms with Crippen LogP contribution in [0.5, 0.6) is 0 Å². The molecule has 0 spiro atoms. The lowest BCUT2D eigenvalue weighted by molar-refractivity contribution is -0.0913. The van der Waals surface area contributed by atoms with Crippen LogP contribution < -0.4 is 0 Å². The van der Waals surface area contributed by atoms with Gasteiger partial charge in [-0.3, -0.25) is 19.4 Å². The molecule has 5 nitrogen and oxygen atoms in total. The number of aliphatic hydroxyl groups is 1. The Bertz CT molecular complexity index is 936. The Morgan fingerprint density at radius 2 is 1.91 bits per heavy atom. The highest BCUT2D eigenvalue weighted by Gasteiger charge is 2.58. The van der Waals surface area contributed by atoms with Gasteiger partial charge in [-0.15, -0.1) is 0 Å². The molecule has 0 bridgehead atoms. The zero-order valence-electron chi connectivity index (χ0n) is 17.9. The van der Waals surface area contributed by atoms with E-state index in [-0.39, 0.29) is 23.8 Å². The van der Waals surface area contributed by atoms with Crippen LogP contribution in [0, 0.1) is 11.3 Å². The number of aliphatic hydroxyl groups excluding tert-OH is 1. The number of amides is 2. The predicted molar refractivity (Wildman–Crippen MR) is 113 cm³/mol. The number of carbonyl (C=O) groups excluding carboxylic acids is 2. The molecular weight excluding hydrogens is 421 g/mol. The van der Waals surface area contributed by atoms with Crippen molar-refractivity contribution >= 4 is 11.8 Å². The first-order chi connectivity index (χ1) is 15.1. The fourth-order valence-corrected chi connectivity index (χ4v) is 4.88. The fraction of sp³-hybridized carbons (Fsp3) is 0.500. The first-order valence-electron chi connectivity index (χ1n) is 10.9. The smallest absolute Gasteiger partial charge is 0.392 e. The van der Waals surface area contributed by atoms with Crippen molar-refractivity contribution in [3.63, 3.8) is 0 Å². The van der Waals surface area contributed by atoms with Crippen molar-refractivity contribution in [1.82, 2.24) is 9.80 Å². The molecule has 4 rings (SSSR count). The minimum Gasteiger partial charge on any atom is -0.392 e. The van der Waals surface area contributed by atoms with E-state index in [1.54, 1.807) is 30.3 Å². The van der Waals surface area contributed by atoms with Gasteiger partial charge in [-0.05, 0) is 49.7 Å². The number of fused-ring (bicyclic) bond motifs is 2. The largest absolute Gasteiger partial charge is 0.412 e. The molecule has 8 heteroatoms. The average Bonchev–Trinajstić information content (AvgIpc) is 3.19. The number of β-amino-alcohol motifs (C(OH)–C–C–N with tert-alkyl or cyclic N) is 1. The second-order valence-corrected chi connectivity index (χ2v) is 9.19. The van der Waals surface area contributed by atoms with Crippen LogP contribution in [-0.4, -0.2) is 65.2 Å². The number of imide groups is 1. The standard InChI is InChI=1S/C24H27F3N2O3/c1-16(24(25,26)27)6-4-5-10-23-12-17(23)13-28(15-23)14-18(30)9-11-29-21(31)19-7-2-3-8-20(19)22(29)32/h2-8,17-18,30H,9-15H2,1H3/b5-4-,16-6+. The molecular formula is C24H27F3N2O3. The molecule has 1 aromatic rings. The van der Waals surface area contributed by atoms with Gasteiger partial charge in [0.1, 0.15) is 0 Å². The molecule has 1 aliphatic carbocycles. The van der Waals surface area contributed by atoms with Crippen LogP contribution in [0.15, 0.2) is 48.1 Å². The topological polar surface area (TPSA) is 60.9 Å². The number of hydrogen-bond donors (Lipinski definition) is 1. The summed E-state index contributed by atoms with van der Waals surface area (Å²) in [6.45, 7) is 3.34. The number of likely N-dealkylation sites (tertiary alicyclic amines) is 1. The van der Waals surface area contributed by atoms with E-state index in [0.29, 0.717) is 30.0 Å². The maximum Gasteiger partial charge on any atom is 0.412 e. The molecule has 32 heavy (non-hydrogen) atoms. The van der Waals surface area contributed by atoms with E-state index in [1.807, 2.05) is 0 Å². The number of alkyl halides is 3. The summed E-state index contributed by atoms with van der Waals surface area (Å²) in [5, 5.41) is 10.5. The summed E-state index contributed by atoms with van der Waals surface area (Å²) in [6, 6.07) is 6.72. The van der Waals surface area contributed by atoms with Gasteiger partial charge in [0.2, 0.25) is 0 Å². The van der Waals surface area contributed by atoms with Crippen LogP contribution in [-0.2, 0) is 0 Å². The zero-order valence-corrected chi connectivity index (χ0v) is 17.9. The van der Waals surface area contributed by atoms with Crippen LogP contribution in [0.4, 0.5) is 13.2 Å². The number of piperidine rings is 1. The van der Waals surface area contributed by atoms with E-state index >= 15 is 0 Å². The normalized spacial score (nSPS) is 26.7. The number of hydrogen-bond acceptors (Lipinski definition) is 4. The number of nitrogens with zero attached hydrogens (tertiary/aromatic N) is 2. The second kappa shape index (κ2) is 8.48. The highest BCUT2D eigenvalue weighted by atomic mass is 19.4. The molecule has 1 aromatic carbocycles. The molecule has 1 N–H and O–H groups in total. The van der Waals surface area contributed by atoms with Crippen molar-refractivity contribution in [3.05, 3.63) is 59.2 Å². The van der Waals surface area contributed by atoms with Gasteiger partial charge in [0.05, 0.1) is 17.2 Å². The van der Waals surface area contributed by atoms with Crippen LogP contribution >= 0.6 is 0 Å². The van der Waals surface area contributed by atoms with Gasteiger partial charge in [-0.1, -0.05) is 30.4 Å². The van der Waals surface area contributed by atoms with Gasteiger partial charge < -0.3 is 5.11 Å². The summed E-state index contributed by atoms with van der Waals surface area (Å²) in [6.07, 6.45) is 1.51. The van der Waals surface area contributed by atoms with Gasteiger partial charge in [0, 0.05) is 31.8 Å². The third kappa shape index (κ3) is 4.52. The second-order valence-electron chi connectivity index (χ2n) is 9.19. The Morgan fingerprint density at radius 3 is 2.53 bits per heavy atom. The van der Waals surface area contributed by atoms with Gasteiger partial charge in [0.25, 0.3) is 11.8 Å². The first-order valence-corrected chi connectivity index (χ1v) is 10.9. The number of benzene rings is 1. The Labute approximate surface area is 185 Å². The summed E-state index contributed by atoms with van der Waals surface area (Å²) in [5.41, 5.74) is 0.287. The molecule has 0 aromatic heterocycles. The van der Waals surface area contributed by atoms with Crippen LogP contribution in [0.2, 0.25) is 0 Å². The van der Waals surface area contributed by atoms with Crippen molar-refractivity contribution in [2.24, 2.45) is 11.3 Å². The number of halogens is 3. The predicted octanol–water partition coefficient (Wildman–Crippen LogP) is 3.81. The van der Waals surface area contributed by atoms with E-state index in [2.05, 4.69) is 4.90 Å². The molecule has 2 aliphatic heterocycles. The van der Waals surface area contributed by atoms with Crippen molar-refractivity contribution in [3.8, 4) is 0 Å². The third-order valence-corrected chi connectivity index (χ3v) is 6.86. The van der Waals surface area contributed by atoms with Gasteiger partial charge in [-0.2, -0.15) is 13.2 Å². The highest BCUT2D eigenvalue weighted by Crippen LogP contribution is 2.60. The van der Waals surface area contributed by atoms with E-state index in [1.165, 1.54) is 11.0 Å². The minimum absolute atomic E-state index is 0.0960. The first kappa shape index (κ1) is 22.7. The van der Waals surface area contributed by atoms with E-state index in [9.17, 15) is 27.9 Å². The fourth-order valence-electron chi connectivity index (χ4n) is 4.88. The Morgan fingerprint density at radius 1 is 1.25 bits per heavy atom. The van der Waals surface area contributed by atoms with E-state index in [4.69, 9.17) is 0 Å². The summed E-state index contributed by atoms with van der Waals surface area (Å²) >= 11 is 0. The van der Waals surface area contributed by atoms with Crippen LogP contribution in [0.3, 0.4) is 0 Å². The van der Waals surface area contributed by atoms with Crippen molar-refractivity contribution in [2.75, 3.05) is 26.2 Å². The lowest BCUT2D eigenvalue weighted by atomic mass is 10.0. The zero-order chi connectivity index (χ0) is 23.1. The number of rotatable bonds is 8. The molecule has 3 atom stereocenters. The maximum absolute atomic E-state index is 12.5. The maximum atomic E-state index is 12.5. The molecule has 0 radical (unpaired) electrons. The molecule has 172 valence electrons. The Kier molecular flexibility index (Phi) is 6.02. The third-order valence-electron chi connectivity index (χ3n) is 6.86. The van der Waals surface area contributed by atoms with Crippen LogP contribution in [0.25, 0.3) is 0 Å². The summed E-state index contributed by atoms with van der Waals surface area (Å²) in [7, 11) is 0. The molecule has 2 amide bonds. The number of carbonyl (C=O) groups is 2. The lowest BCUT2D eigenvalue weighted by Crippen LogP contribution is -2.37. The summed E-state index contributed by atoms with van der Waals surface area (Å²) < 4.78 is 37.6. The van der Waals surface area contributed by atoms with E-state index in [0.717, 1.165) is 38.9 Å². The molecule has 1 saturated carbocycles. The SMILES string of the molecule is C/C(=C\C=C/CC12CC1CN(CC(O)CCN1C(=O)c3ccccc3C1=O)C2)C(F)(F)F. The summed E-state index contributed by atoms with van der Waals surface area (Å²) in [5.74, 6) is -0.134. The Hall–Kier alpha value is -2.45. The monoisotopic (exact) mass is 448 g/mol. The van der Waals surface area contributed by atoms with E-state index < -0.39 is 17.9 Å². The highest BCUT2D eigenvalue weighted by molar-refractivity contribution is 6.21. The quantitative estimate of drug-likeness (QED) is 0.485. The minimum atomic E-state index is -4.29. The molecule has 3 aliphatic rings. The average molecular weight is 448 g/mol. The molecule has 1 saturated heterocycles.